The third kappa shape index (κ3) is 21.3. The lowest BCUT2D eigenvalue weighted by Gasteiger charge is -2.32. The highest BCUT2D eigenvalue weighted by Gasteiger charge is 2.57. The van der Waals surface area contributed by atoms with Gasteiger partial charge in [0.2, 0.25) is 12.1 Å². The van der Waals surface area contributed by atoms with Gasteiger partial charge in [0.05, 0.1) is 65.6 Å². The van der Waals surface area contributed by atoms with Gasteiger partial charge in [-0.15, -0.1) is 0 Å². The summed E-state index contributed by atoms with van der Waals surface area (Å²) in [6, 6.07) is 20.2. The number of aldehydes is 1. The predicted molar refractivity (Wildman–Crippen MR) is 414 cm³/mol. The number of nitrogens with two attached hydrogens (primary N) is 3. The first-order chi connectivity index (χ1) is 49.2. The van der Waals surface area contributed by atoms with Gasteiger partial charge in [-0.1, -0.05) is 84.1 Å². The zero-order valence-corrected chi connectivity index (χ0v) is 65.2. The van der Waals surface area contributed by atoms with E-state index < -0.39 is 33.2 Å². The lowest BCUT2D eigenvalue weighted by molar-refractivity contribution is 0.00578. The van der Waals surface area contributed by atoms with E-state index in [1.165, 1.54) is 16.9 Å². The Balaban J connectivity index is 0.000000164. The van der Waals surface area contributed by atoms with E-state index in [-0.39, 0.29) is 106 Å². The van der Waals surface area contributed by atoms with Crippen molar-refractivity contribution in [2.24, 2.45) is 11.5 Å². The van der Waals surface area contributed by atoms with Gasteiger partial charge >= 0.3 is 35.6 Å². The molecule has 0 aliphatic carbocycles. The second-order valence-corrected chi connectivity index (χ2v) is 30.9. The Bertz CT molecular complexity index is 4200. The van der Waals surface area contributed by atoms with Gasteiger partial charge in [-0.3, -0.25) is 23.7 Å². The van der Waals surface area contributed by atoms with Crippen LogP contribution in [0.4, 0.5) is 17.3 Å². The van der Waals surface area contributed by atoms with Crippen LogP contribution in [-0.2, 0) is 37.4 Å². The highest BCUT2D eigenvalue weighted by Crippen LogP contribution is 2.43. The number of benzene rings is 4. The average molecular weight is 1630 g/mol. The van der Waals surface area contributed by atoms with Crippen molar-refractivity contribution in [3.63, 3.8) is 0 Å². The molecule has 105 heavy (non-hydrogen) atoms. The van der Waals surface area contributed by atoms with Crippen LogP contribution < -0.4 is 31.8 Å². The fourth-order valence-corrected chi connectivity index (χ4v) is 12.0. The van der Waals surface area contributed by atoms with Crippen molar-refractivity contribution in [2.45, 2.75) is 160 Å². The number of phenols is 2. The largest absolute Gasteiger partial charge is 0.552 e. The zero-order valence-electron chi connectivity index (χ0n) is 60.4. The molecule has 2 unspecified atom stereocenters. The number of ether oxygens (including phenoxy) is 2. The van der Waals surface area contributed by atoms with Gasteiger partial charge in [-0.05, 0) is 150 Å². The second-order valence-electron chi connectivity index (χ2n) is 28.2. The summed E-state index contributed by atoms with van der Waals surface area (Å²) < 4.78 is 62.6. The topological polar surface area (TPSA) is 359 Å². The number of anilines is 3. The maximum absolute atomic E-state index is 11.9. The van der Waals surface area contributed by atoms with Crippen molar-refractivity contribution in [3.05, 3.63) is 173 Å². The second kappa shape index (κ2) is 34.9. The highest BCUT2D eigenvalue weighted by atomic mass is 79.9. The van der Waals surface area contributed by atoms with E-state index in [0.717, 1.165) is 30.1 Å². The number of phenolic OH excluding ortho intramolecular Hbond substituents is 2. The van der Waals surface area contributed by atoms with Gasteiger partial charge in [-0.25, -0.2) is 13.1 Å². The van der Waals surface area contributed by atoms with Crippen LogP contribution in [0.25, 0.3) is 27.9 Å². The predicted octanol–water partition coefficient (Wildman–Crippen LogP) is 11.6. The number of primary amides is 2. The first-order valence-corrected chi connectivity index (χ1v) is 36.0. The summed E-state index contributed by atoms with van der Waals surface area (Å²) in [5.41, 5.74) is 18.2. The first kappa shape index (κ1) is 82.9. The van der Waals surface area contributed by atoms with Crippen LogP contribution >= 0.6 is 47.8 Å². The number of rotatable bonds is 11. The van der Waals surface area contributed by atoms with E-state index in [1.807, 2.05) is 82.2 Å². The molecule has 2 aromatic heterocycles. The highest BCUT2D eigenvalue weighted by molar-refractivity contribution is 9.11. The molecule has 27 nitrogen and oxygen atoms in total. The fourth-order valence-electron chi connectivity index (χ4n) is 11.0. The minimum atomic E-state index is -1.00. The molecule has 4 atom stereocenters. The smallest absolute Gasteiger partial charge is 0.532 e. The molecule has 6 aromatic rings. The number of fused-ring (bicyclic) bond motifs is 2. The van der Waals surface area contributed by atoms with Crippen molar-refractivity contribution in [3.8, 4) is 23.0 Å². The van der Waals surface area contributed by atoms with Gasteiger partial charge in [0, 0.05) is 73.3 Å². The summed E-state index contributed by atoms with van der Waals surface area (Å²) >= 11 is 9.78. The van der Waals surface area contributed by atoms with Crippen LogP contribution in [0.5, 0.6) is 23.0 Å². The number of carbonyl (C=O) groups excluding carboxylic acids is 3. The number of aromatic hydroxyl groups is 2. The molecule has 4 aromatic carbocycles. The van der Waals surface area contributed by atoms with E-state index in [0.29, 0.717) is 74.5 Å². The molecule has 554 valence electrons. The summed E-state index contributed by atoms with van der Waals surface area (Å²) in [6.07, 6.45) is 10.9. The maximum atomic E-state index is 11.9. The number of nitrogens with one attached hydrogen (secondary N) is 1. The quantitative estimate of drug-likeness (QED) is 0.0339. The van der Waals surface area contributed by atoms with E-state index >= 15 is 0 Å². The van der Waals surface area contributed by atoms with Crippen molar-refractivity contribution < 1.29 is 81.4 Å². The van der Waals surface area contributed by atoms with Gasteiger partial charge in [0.25, 0.3) is 11.8 Å². The van der Waals surface area contributed by atoms with E-state index in [4.69, 9.17) is 87.2 Å². The van der Waals surface area contributed by atoms with Gasteiger partial charge in [0.15, 0.2) is 17.9 Å². The van der Waals surface area contributed by atoms with E-state index in [2.05, 4.69) is 128 Å². The molecule has 7 aliphatic rings. The monoisotopic (exact) mass is 1630 g/mol. The van der Waals surface area contributed by atoms with Gasteiger partial charge in [-0.2, -0.15) is 10.2 Å². The number of amides is 2. The number of nitrogen functional groups attached to an aromatic ring is 1. The summed E-state index contributed by atoms with van der Waals surface area (Å²) in [5, 5.41) is 49.1. The Morgan fingerprint density at radius 1 is 0.610 bits per heavy atom. The number of aromatic nitrogens is 4. The van der Waals surface area contributed by atoms with Crippen LogP contribution in [-0.4, -0.2) is 166 Å². The minimum absolute atomic E-state index is 0.00405. The first-order valence-electron chi connectivity index (χ1n) is 33.6. The van der Waals surface area contributed by atoms with Crippen molar-refractivity contribution >= 4 is 137 Å². The lowest BCUT2D eigenvalue weighted by atomic mass is 9.64. The van der Waals surface area contributed by atoms with E-state index in [9.17, 15) is 24.5 Å². The molecule has 2 amide bonds. The lowest BCUT2D eigenvalue weighted by Crippen LogP contribution is -2.41. The number of hydrogen-bond donors (Lipinski definition) is 8. The molecule has 0 radical (unpaired) electrons. The minimum Gasteiger partial charge on any atom is -0.532 e. The third-order valence-corrected chi connectivity index (χ3v) is 20.5. The normalized spacial score (nSPS) is 21.4. The number of hydrogen-bond acceptors (Lipinski definition) is 21. The Kier molecular flexibility index (Phi) is 27.5. The summed E-state index contributed by atoms with van der Waals surface area (Å²) in [4.78, 5) is 40.3. The molecule has 0 bridgehead atoms. The molecule has 35 heteroatoms. The molecule has 5 fully saturated rings. The van der Waals surface area contributed by atoms with Crippen LogP contribution in [0.15, 0.2) is 117 Å². The number of nitrogens with zero attached hydrogens (tertiary/aromatic N) is 6. The van der Waals surface area contributed by atoms with Crippen LogP contribution in [0, 0.1) is 13.1 Å². The zero-order chi connectivity index (χ0) is 77.1. The van der Waals surface area contributed by atoms with E-state index in [1.54, 1.807) is 59.2 Å². The standard InChI is InChI=1S/C18H18BN5O4.C14H18BBrO3.C13H26B2O4.C10H13N5O2.C8H6BBrO2.C7H5BrO2/c1-21-14-5-7-27-10-15(14)24-9-13(17(20)25)18(23-24)22-12-3-2-11-4-6-19(26)28-16(11)8-12;1-13(2)14(3,4)19-15(18-13)8-7-10-5-6-11(16)9-12(10)17;1-10(2)11(3,4)17-14(16-10)9-15-18-12(5,6)13(7,8)19-15;1-13-7-2-3-17-5-8(7)15-4-6(10(12)16)9(11)14-15;10-7-2-1-6-3-4-9(11)12-8(6)5-7;8-6-2-1-5(4-9)7(10)3-6/h2-4,6,8-9,14-15,26H,5,7,10H2,(H2,20,25)(H,22,23);5-9,17H,1-4H3;9H2,1-8H3;4,7-8H,2-3,5H2,(H2,11,14)(H2,12,16);1-5,11H;1-4,10H/b;8-7+;;;;/t14-,15?;;;7-,8?;;/m0..0../s1. The molecule has 5 saturated heterocycles. The molecule has 7 aliphatic heterocycles. The SMILES string of the molecule is CC1(C)OB(/C=C/c2ccc(Br)cc2O)OC1(C)C.CC1(C)OB(CB2OC(C)(C)C(C)(C)O2)OC1(C)C.O=Cc1ccc(Br)cc1O.OB1C=Cc2ccc(Br)cc2O1.[C-]#[N+][C@H]1CCOCC1n1cc(C(N)=O)c(N)n1.[C-]#[N+][C@H]1CCOCC1n1cc(C(N)=O)c(Nc2ccc3c(c2)OB(O)C=C3)n1. The van der Waals surface area contributed by atoms with Crippen LogP contribution in [0.2, 0.25) is 6.22 Å². The Hall–Kier alpha value is -7.73. The van der Waals surface area contributed by atoms with Gasteiger partial charge < -0.3 is 99.2 Å². The third-order valence-electron chi connectivity index (χ3n) is 19.0. The Morgan fingerprint density at radius 2 is 1.03 bits per heavy atom. The van der Waals surface area contributed by atoms with Crippen LogP contribution in [0.1, 0.15) is 156 Å². The average Bonchev–Trinajstić information content (AvgIpc) is 1.63. The molecule has 13 rings (SSSR count). The molecule has 0 saturated carbocycles. The molecule has 9 heterocycles. The Labute approximate surface area is 638 Å². The summed E-state index contributed by atoms with van der Waals surface area (Å²) in [6.45, 7) is 40.8. The molecular weight excluding hydrogens is 1550 g/mol. The summed E-state index contributed by atoms with van der Waals surface area (Å²) in [7, 11) is -2.76. The molecule has 11 N–H and O–H groups in total. The van der Waals surface area contributed by atoms with Gasteiger partial charge in [0.1, 0.15) is 46.2 Å². The molecule has 0 spiro atoms. The van der Waals surface area contributed by atoms with Crippen molar-refractivity contribution in [1.29, 1.82) is 0 Å². The van der Waals surface area contributed by atoms with Crippen molar-refractivity contribution in [2.75, 3.05) is 37.5 Å². The fraction of sp³-hybridized carbons (Fsp3) is 0.414. The van der Waals surface area contributed by atoms with Crippen LogP contribution in [0.3, 0.4) is 0 Å². The molecular formula is C70H86B5Br3N10O17. The maximum Gasteiger partial charge on any atom is 0.552 e. The Morgan fingerprint density at radius 3 is 1.48 bits per heavy atom. The van der Waals surface area contributed by atoms with Crippen molar-refractivity contribution in [1.82, 2.24) is 19.6 Å². The number of halogens is 3. The number of carbonyl (C=O) groups is 3. The summed E-state index contributed by atoms with van der Waals surface area (Å²) in [5.74, 6) is 5.54.